The lowest BCUT2D eigenvalue weighted by atomic mass is 10.2. The summed E-state index contributed by atoms with van der Waals surface area (Å²) >= 11 is 3.29. The third-order valence-electron chi connectivity index (χ3n) is 2.20. The van der Waals surface area contributed by atoms with Crippen molar-refractivity contribution in [2.45, 2.75) is 6.92 Å². The SMILES string of the molecule is Cc1cc(Oc2cncc(Br)c2)c(N)cc1F. The number of nitrogen functional groups attached to an aromatic ring is 1. The van der Waals surface area contributed by atoms with E-state index >= 15 is 0 Å². The number of benzene rings is 1. The van der Waals surface area contributed by atoms with Gasteiger partial charge in [-0.3, -0.25) is 4.98 Å². The Morgan fingerprint density at radius 1 is 1.29 bits per heavy atom. The molecule has 1 aromatic carbocycles. The van der Waals surface area contributed by atoms with Gasteiger partial charge in [0.15, 0.2) is 5.75 Å². The summed E-state index contributed by atoms with van der Waals surface area (Å²) in [5.74, 6) is 0.614. The van der Waals surface area contributed by atoms with Gasteiger partial charge in [0.05, 0.1) is 11.9 Å². The van der Waals surface area contributed by atoms with Crippen molar-refractivity contribution >= 4 is 21.6 Å². The minimum atomic E-state index is -0.345. The topological polar surface area (TPSA) is 48.1 Å². The zero-order valence-corrected chi connectivity index (χ0v) is 10.7. The second-order valence-corrected chi connectivity index (χ2v) is 4.50. The molecule has 0 radical (unpaired) electrons. The van der Waals surface area contributed by atoms with Gasteiger partial charge in [-0.15, -0.1) is 0 Å². The summed E-state index contributed by atoms with van der Waals surface area (Å²) < 4.78 is 19.5. The molecule has 0 aliphatic heterocycles. The lowest BCUT2D eigenvalue weighted by Gasteiger charge is -2.09. The van der Waals surface area contributed by atoms with E-state index in [4.69, 9.17) is 10.5 Å². The molecule has 2 aromatic rings. The first kappa shape index (κ1) is 11.9. The van der Waals surface area contributed by atoms with Crippen molar-refractivity contribution in [3.63, 3.8) is 0 Å². The highest BCUT2D eigenvalue weighted by Gasteiger charge is 2.07. The molecule has 88 valence electrons. The van der Waals surface area contributed by atoms with Crippen LogP contribution < -0.4 is 10.5 Å². The lowest BCUT2D eigenvalue weighted by Crippen LogP contribution is -1.95. The Bertz CT molecular complexity index is 560. The zero-order valence-electron chi connectivity index (χ0n) is 9.08. The predicted molar refractivity (Wildman–Crippen MR) is 67.6 cm³/mol. The first-order valence-corrected chi connectivity index (χ1v) is 5.69. The molecule has 0 bridgehead atoms. The van der Waals surface area contributed by atoms with E-state index < -0.39 is 0 Å². The van der Waals surface area contributed by atoms with E-state index in [0.29, 0.717) is 17.1 Å². The fourth-order valence-electron chi connectivity index (χ4n) is 1.33. The maximum absolute atomic E-state index is 13.2. The van der Waals surface area contributed by atoms with Crippen LogP contribution in [0.2, 0.25) is 0 Å². The van der Waals surface area contributed by atoms with E-state index in [2.05, 4.69) is 20.9 Å². The number of halogens is 2. The minimum Gasteiger partial charge on any atom is -0.454 e. The first-order chi connectivity index (χ1) is 8.06. The molecule has 3 nitrogen and oxygen atoms in total. The number of pyridine rings is 1. The number of nitrogens with zero attached hydrogens (tertiary/aromatic N) is 1. The monoisotopic (exact) mass is 296 g/mol. The Labute approximate surface area is 107 Å². The quantitative estimate of drug-likeness (QED) is 0.860. The summed E-state index contributed by atoms with van der Waals surface area (Å²) in [6.45, 7) is 1.65. The number of aryl methyl sites for hydroxylation is 1. The minimum absolute atomic E-state index is 0.257. The van der Waals surface area contributed by atoms with E-state index in [1.807, 2.05) is 0 Å². The van der Waals surface area contributed by atoms with Crippen molar-refractivity contribution in [1.29, 1.82) is 0 Å². The molecule has 0 unspecified atom stereocenters. The Balaban J connectivity index is 2.33. The van der Waals surface area contributed by atoms with Crippen LogP contribution in [0.5, 0.6) is 11.5 Å². The summed E-state index contributed by atoms with van der Waals surface area (Å²) in [7, 11) is 0. The van der Waals surface area contributed by atoms with Crippen LogP contribution in [0.15, 0.2) is 35.1 Å². The Kier molecular flexibility index (Phi) is 3.28. The molecule has 1 heterocycles. The third kappa shape index (κ3) is 2.74. The van der Waals surface area contributed by atoms with Gasteiger partial charge in [-0.2, -0.15) is 0 Å². The summed E-state index contributed by atoms with van der Waals surface area (Å²) in [5, 5.41) is 0. The normalized spacial score (nSPS) is 10.3. The molecule has 0 amide bonds. The highest BCUT2D eigenvalue weighted by atomic mass is 79.9. The zero-order chi connectivity index (χ0) is 12.4. The number of rotatable bonds is 2. The Morgan fingerprint density at radius 2 is 2.06 bits per heavy atom. The molecule has 0 atom stereocenters. The smallest absolute Gasteiger partial charge is 0.150 e. The van der Waals surface area contributed by atoms with Crippen molar-refractivity contribution < 1.29 is 9.13 Å². The van der Waals surface area contributed by atoms with E-state index in [-0.39, 0.29) is 11.5 Å². The number of anilines is 1. The molecular weight excluding hydrogens is 287 g/mol. The molecule has 0 aliphatic rings. The van der Waals surface area contributed by atoms with Crippen LogP contribution in [0, 0.1) is 12.7 Å². The maximum atomic E-state index is 13.2. The van der Waals surface area contributed by atoms with Crippen molar-refractivity contribution in [3.05, 3.63) is 46.4 Å². The molecule has 1 aromatic heterocycles. The summed E-state index contributed by atoms with van der Waals surface area (Å²) in [6.07, 6.45) is 3.20. The largest absolute Gasteiger partial charge is 0.454 e. The van der Waals surface area contributed by atoms with Crippen molar-refractivity contribution in [1.82, 2.24) is 4.98 Å². The van der Waals surface area contributed by atoms with E-state index in [0.717, 1.165) is 4.47 Å². The standard InChI is InChI=1S/C12H10BrFN2O/c1-7-2-12(11(15)4-10(7)14)17-9-3-8(13)5-16-6-9/h2-6H,15H2,1H3. The molecule has 5 heteroatoms. The second kappa shape index (κ2) is 4.71. The average molecular weight is 297 g/mol. The maximum Gasteiger partial charge on any atom is 0.150 e. The predicted octanol–water partition coefficient (Wildman–Crippen LogP) is 3.67. The lowest BCUT2D eigenvalue weighted by molar-refractivity contribution is 0.479. The molecule has 0 saturated carbocycles. The fourth-order valence-corrected chi connectivity index (χ4v) is 1.68. The van der Waals surface area contributed by atoms with Gasteiger partial charge >= 0.3 is 0 Å². The average Bonchev–Trinajstić information content (AvgIpc) is 2.26. The van der Waals surface area contributed by atoms with Crippen LogP contribution in [-0.2, 0) is 0 Å². The molecule has 0 spiro atoms. The molecule has 0 saturated heterocycles. The van der Waals surface area contributed by atoms with Crippen molar-refractivity contribution in [2.24, 2.45) is 0 Å². The van der Waals surface area contributed by atoms with Gasteiger partial charge in [0.25, 0.3) is 0 Å². The van der Waals surface area contributed by atoms with Crippen LogP contribution in [0.4, 0.5) is 10.1 Å². The van der Waals surface area contributed by atoms with Crippen molar-refractivity contribution in [3.8, 4) is 11.5 Å². The third-order valence-corrected chi connectivity index (χ3v) is 2.63. The summed E-state index contributed by atoms with van der Waals surface area (Å²) in [6, 6.07) is 4.56. The van der Waals surface area contributed by atoms with Gasteiger partial charge in [-0.1, -0.05) is 0 Å². The van der Waals surface area contributed by atoms with Crippen LogP contribution in [-0.4, -0.2) is 4.98 Å². The van der Waals surface area contributed by atoms with Crippen molar-refractivity contribution in [2.75, 3.05) is 5.73 Å². The highest BCUT2D eigenvalue weighted by Crippen LogP contribution is 2.30. The molecule has 2 rings (SSSR count). The number of hydrogen-bond donors (Lipinski definition) is 1. The number of aromatic nitrogens is 1. The van der Waals surface area contributed by atoms with Gasteiger partial charge in [-0.05, 0) is 40.5 Å². The Morgan fingerprint density at radius 3 is 2.76 bits per heavy atom. The van der Waals surface area contributed by atoms with E-state index in [1.54, 1.807) is 31.5 Å². The number of nitrogens with two attached hydrogens (primary N) is 1. The summed E-state index contributed by atoms with van der Waals surface area (Å²) in [5.41, 5.74) is 6.42. The molecular formula is C12H10BrFN2O. The van der Waals surface area contributed by atoms with Crippen LogP contribution in [0.25, 0.3) is 0 Å². The Hall–Kier alpha value is -1.62. The van der Waals surface area contributed by atoms with Gasteiger partial charge in [0, 0.05) is 16.7 Å². The van der Waals surface area contributed by atoms with Gasteiger partial charge in [-0.25, -0.2) is 4.39 Å². The first-order valence-electron chi connectivity index (χ1n) is 4.90. The molecule has 2 N–H and O–H groups in total. The summed E-state index contributed by atoms with van der Waals surface area (Å²) in [4.78, 5) is 3.96. The van der Waals surface area contributed by atoms with Gasteiger partial charge < -0.3 is 10.5 Å². The molecule has 0 aliphatic carbocycles. The van der Waals surface area contributed by atoms with E-state index in [9.17, 15) is 4.39 Å². The van der Waals surface area contributed by atoms with Crippen LogP contribution in [0.1, 0.15) is 5.56 Å². The molecule has 0 fully saturated rings. The second-order valence-electron chi connectivity index (χ2n) is 3.58. The van der Waals surface area contributed by atoms with E-state index in [1.165, 1.54) is 6.07 Å². The van der Waals surface area contributed by atoms with Crippen LogP contribution in [0.3, 0.4) is 0 Å². The number of ether oxygens (including phenoxy) is 1. The van der Waals surface area contributed by atoms with Gasteiger partial charge in [0.2, 0.25) is 0 Å². The highest BCUT2D eigenvalue weighted by molar-refractivity contribution is 9.10. The number of hydrogen-bond acceptors (Lipinski definition) is 3. The fraction of sp³-hybridized carbons (Fsp3) is 0.0833. The molecule has 17 heavy (non-hydrogen) atoms. The van der Waals surface area contributed by atoms with Gasteiger partial charge in [0.1, 0.15) is 11.6 Å². The van der Waals surface area contributed by atoms with Crippen LogP contribution >= 0.6 is 15.9 Å².